The van der Waals surface area contributed by atoms with Gasteiger partial charge in [-0.2, -0.15) is 0 Å². The van der Waals surface area contributed by atoms with E-state index in [4.69, 9.17) is 5.73 Å². The average Bonchev–Trinajstić information content (AvgIpc) is 2.56. The van der Waals surface area contributed by atoms with Crippen LogP contribution in [-0.2, 0) is 0 Å². The van der Waals surface area contributed by atoms with E-state index in [1.54, 1.807) is 11.3 Å². The third kappa shape index (κ3) is 1.63. The first-order valence-corrected chi connectivity index (χ1v) is 5.33. The molecule has 72 valence electrons. The van der Waals surface area contributed by atoms with Gasteiger partial charge in [0.05, 0.1) is 0 Å². The van der Waals surface area contributed by atoms with E-state index in [1.165, 1.54) is 5.56 Å². The molecule has 0 spiro atoms. The summed E-state index contributed by atoms with van der Waals surface area (Å²) in [6.07, 6.45) is 0. The minimum Gasteiger partial charge on any atom is -0.399 e. The van der Waals surface area contributed by atoms with Crippen molar-refractivity contribution in [2.75, 3.05) is 5.73 Å². The Balaban J connectivity index is 2.55. The second kappa shape index (κ2) is 3.42. The van der Waals surface area contributed by atoms with Gasteiger partial charge in [-0.3, -0.25) is 0 Å². The van der Waals surface area contributed by atoms with Crippen LogP contribution in [0.2, 0.25) is 0 Å². The molecule has 0 saturated heterocycles. The highest BCUT2D eigenvalue weighted by Crippen LogP contribution is 2.28. The van der Waals surface area contributed by atoms with Crippen molar-refractivity contribution in [3.63, 3.8) is 0 Å². The molecule has 0 aliphatic rings. The van der Waals surface area contributed by atoms with Crippen molar-refractivity contribution in [2.45, 2.75) is 13.8 Å². The van der Waals surface area contributed by atoms with E-state index in [1.807, 2.05) is 25.1 Å². The minimum absolute atomic E-state index is 0.790. The van der Waals surface area contributed by atoms with Gasteiger partial charge in [0.25, 0.3) is 0 Å². The minimum atomic E-state index is 0.790. The van der Waals surface area contributed by atoms with E-state index >= 15 is 0 Å². The number of anilines is 1. The maximum atomic E-state index is 5.75. The van der Waals surface area contributed by atoms with Gasteiger partial charge < -0.3 is 5.73 Å². The van der Waals surface area contributed by atoms with Gasteiger partial charge in [0.2, 0.25) is 0 Å². The molecule has 2 nitrogen and oxygen atoms in total. The molecule has 0 unspecified atom stereocenters. The summed E-state index contributed by atoms with van der Waals surface area (Å²) in [7, 11) is 0. The zero-order chi connectivity index (χ0) is 10.1. The lowest BCUT2D eigenvalue weighted by Gasteiger charge is -2.02. The van der Waals surface area contributed by atoms with Crippen LogP contribution >= 0.6 is 11.3 Å². The number of thiazole rings is 1. The van der Waals surface area contributed by atoms with Crippen molar-refractivity contribution in [2.24, 2.45) is 0 Å². The quantitative estimate of drug-likeness (QED) is 0.725. The van der Waals surface area contributed by atoms with Gasteiger partial charge in [0.1, 0.15) is 5.01 Å². The number of hydrogen-bond acceptors (Lipinski definition) is 3. The first-order valence-electron chi connectivity index (χ1n) is 4.45. The molecule has 1 aromatic carbocycles. The van der Waals surface area contributed by atoms with Gasteiger partial charge >= 0.3 is 0 Å². The zero-order valence-electron chi connectivity index (χ0n) is 8.24. The van der Waals surface area contributed by atoms with E-state index in [9.17, 15) is 0 Å². The normalized spacial score (nSPS) is 10.4. The lowest BCUT2D eigenvalue weighted by atomic mass is 10.1. The molecule has 0 aliphatic carbocycles. The molecule has 0 aliphatic heterocycles. The van der Waals surface area contributed by atoms with E-state index < -0.39 is 0 Å². The van der Waals surface area contributed by atoms with E-state index in [2.05, 4.69) is 17.3 Å². The maximum Gasteiger partial charge on any atom is 0.123 e. The second-order valence-electron chi connectivity index (χ2n) is 3.37. The summed E-state index contributed by atoms with van der Waals surface area (Å²) >= 11 is 1.66. The number of hydrogen-bond donors (Lipinski definition) is 1. The smallest absolute Gasteiger partial charge is 0.123 e. The average molecular weight is 204 g/mol. The number of aryl methyl sites for hydroxylation is 2. The largest absolute Gasteiger partial charge is 0.399 e. The van der Waals surface area contributed by atoms with Gasteiger partial charge in [0, 0.05) is 22.3 Å². The summed E-state index contributed by atoms with van der Waals surface area (Å²) in [5, 5.41) is 3.10. The Labute approximate surface area is 87.4 Å². The molecule has 2 N–H and O–H groups in total. The van der Waals surface area contributed by atoms with Gasteiger partial charge in [0.15, 0.2) is 0 Å². The number of nitrogens with zero attached hydrogens (tertiary/aromatic N) is 1. The van der Waals surface area contributed by atoms with Crippen LogP contribution in [0, 0.1) is 13.8 Å². The van der Waals surface area contributed by atoms with Crippen LogP contribution in [0.4, 0.5) is 5.69 Å². The van der Waals surface area contributed by atoms with Crippen molar-refractivity contribution < 1.29 is 0 Å². The van der Waals surface area contributed by atoms with Crippen molar-refractivity contribution in [3.8, 4) is 10.6 Å². The highest BCUT2D eigenvalue weighted by Gasteiger charge is 2.05. The Morgan fingerprint density at radius 2 is 2.07 bits per heavy atom. The summed E-state index contributed by atoms with van der Waals surface area (Å²) < 4.78 is 0. The summed E-state index contributed by atoms with van der Waals surface area (Å²) in [5.74, 6) is 0. The first kappa shape index (κ1) is 9.21. The fraction of sp³-hybridized carbons (Fsp3) is 0.182. The van der Waals surface area contributed by atoms with Crippen LogP contribution in [-0.4, -0.2) is 4.98 Å². The number of aromatic nitrogens is 1. The lowest BCUT2D eigenvalue weighted by Crippen LogP contribution is -1.88. The SMILES string of the molecule is Cc1csc(-c2cc(N)ccc2C)n1. The molecule has 14 heavy (non-hydrogen) atoms. The highest BCUT2D eigenvalue weighted by atomic mass is 32.1. The topological polar surface area (TPSA) is 38.9 Å². The van der Waals surface area contributed by atoms with Crippen molar-refractivity contribution in [1.82, 2.24) is 4.98 Å². The fourth-order valence-corrected chi connectivity index (χ4v) is 2.23. The Kier molecular flexibility index (Phi) is 2.25. The van der Waals surface area contributed by atoms with Crippen LogP contribution in [0.1, 0.15) is 11.3 Å². The number of benzene rings is 1. The predicted octanol–water partition coefficient (Wildman–Crippen LogP) is 3.01. The van der Waals surface area contributed by atoms with Gasteiger partial charge in [-0.15, -0.1) is 11.3 Å². The molecular formula is C11H12N2S. The first-order chi connectivity index (χ1) is 6.66. The summed E-state index contributed by atoms with van der Waals surface area (Å²) in [4.78, 5) is 4.45. The second-order valence-corrected chi connectivity index (χ2v) is 4.23. The molecule has 1 aromatic heterocycles. The van der Waals surface area contributed by atoms with Crippen LogP contribution < -0.4 is 5.73 Å². The molecule has 2 rings (SSSR count). The third-order valence-electron chi connectivity index (χ3n) is 2.11. The van der Waals surface area contributed by atoms with Crippen molar-refractivity contribution >= 4 is 17.0 Å². The van der Waals surface area contributed by atoms with Crippen molar-refractivity contribution in [3.05, 3.63) is 34.8 Å². The van der Waals surface area contributed by atoms with E-state index in [0.29, 0.717) is 0 Å². The van der Waals surface area contributed by atoms with Crippen LogP contribution in [0.25, 0.3) is 10.6 Å². The summed E-state index contributed by atoms with van der Waals surface area (Å²) in [6.45, 7) is 4.08. The van der Waals surface area contributed by atoms with Gasteiger partial charge in [-0.1, -0.05) is 6.07 Å². The number of nitrogens with two attached hydrogens (primary N) is 1. The van der Waals surface area contributed by atoms with E-state index in [-0.39, 0.29) is 0 Å². The standard InChI is InChI=1S/C11H12N2S/c1-7-3-4-9(12)5-10(7)11-13-8(2)6-14-11/h3-6H,12H2,1-2H3. The molecule has 0 bridgehead atoms. The molecule has 3 heteroatoms. The molecule has 0 fully saturated rings. The molecule has 2 aromatic rings. The number of rotatable bonds is 1. The molecule has 0 atom stereocenters. The van der Waals surface area contributed by atoms with Crippen LogP contribution in [0.15, 0.2) is 23.6 Å². The van der Waals surface area contributed by atoms with Gasteiger partial charge in [-0.25, -0.2) is 4.98 Å². The van der Waals surface area contributed by atoms with Crippen LogP contribution in [0.5, 0.6) is 0 Å². The highest BCUT2D eigenvalue weighted by molar-refractivity contribution is 7.13. The number of nitrogen functional groups attached to an aromatic ring is 1. The Morgan fingerprint density at radius 3 is 2.71 bits per heavy atom. The monoisotopic (exact) mass is 204 g/mol. The third-order valence-corrected chi connectivity index (χ3v) is 3.10. The predicted molar refractivity (Wildman–Crippen MR) is 61.4 cm³/mol. The van der Waals surface area contributed by atoms with Crippen LogP contribution in [0.3, 0.4) is 0 Å². The Morgan fingerprint density at radius 1 is 1.29 bits per heavy atom. The Bertz CT molecular complexity index is 460. The molecule has 1 heterocycles. The molecule has 0 amide bonds. The molecule has 0 radical (unpaired) electrons. The lowest BCUT2D eigenvalue weighted by molar-refractivity contribution is 1.26. The zero-order valence-corrected chi connectivity index (χ0v) is 9.06. The Hall–Kier alpha value is -1.35. The fourth-order valence-electron chi connectivity index (χ4n) is 1.35. The van der Waals surface area contributed by atoms with Crippen molar-refractivity contribution in [1.29, 1.82) is 0 Å². The molecular weight excluding hydrogens is 192 g/mol. The molecule has 0 saturated carbocycles. The van der Waals surface area contributed by atoms with E-state index in [0.717, 1.165) is 22.0 Å². The maximum absolute atomic E-state index is 5.75. The summed E-state index contributed by atoms with van der Waals surface area (Å²) in [6, 6.07) is 5.92. The van der Waals surface area contributed by atoms with Gasteiger partial charge in [-0.05, 0) is 31.5 Å². The summed E-state index contributed by atoms with van der Waals surface area (Å²) in [5.41, 5.74) is 9.96.